The highest BCUT2D eigenvalue weighted by Crippen LogP contribution is 2.26. The lowest BCUT2D eigenvalue weighted by molar-refractivity contribution is 0.102. The minimum Gasteiger partial charge on any atom is -0.497 e. The van der Waals surface area contributed by atoms with Crippen LogP contribution in [0.5, 0.6) is 11.5 Å². The molecule has 0 saturated heterocycles. The van der Waals surface area contributed by atoms with Crippen LogP contribution in [0, 0.1) is 11.6 Å². The van der Waals surface area contributed by atoms with E-state index in [0.717, 1.165) is 12.1 Å². The summed E-state index contributed by atoms with van der Waals surface area (Å²) < 4.78 is 37.1. The fourth-order valence-corrected chi connectivity index (χ4v) is 1.78. The third kappa shape index (κ3) is 3.10. The maximum absolute atomic E-state index is 13.5. The molecule has 2 aromatic rings. The van der Waals surface area contributed by atoms with Crippen LogP contribution in [0.25, 0.3) is 0 Å². The molecule has 21 heavy (non-hydrogen) atoms. The number of benzene rings is 2. The number of anilines is 1. The number of methoxy groups -OCH3 is 2. The first-order valence-electron chi connectivity index (χ1n) is 6.04. The van der Waals surface area contributed by atoms with Crippen molar-refractivity contribution in [3.63, 3.8) is 0 Å². The Balaban J connectivity index is 2.32. The fourth-order valence-electron chi connectivity index (χ4n) is 1.78. The minimum atomic E-state index is -0.851. The Hall–Kier alpha value is -2.63. The number of nitrogens with one attached hydrogen (secondary N) is 1. The molecule has 0 heterocycles. The number of hydrogen-bond acceptors (Lipinski definition) is 3. The van der Waals surface area contributed by atoms with Crippen LogP contribution in [0.15, 0.2) is 36.4 Å². The summed E-state index contributed by atoms with van der Waals surface area (Å²) >= 11 is 0. The zero-order chi connectivity index (χ0) is 15.4. The van der Waals surface area contributed by atoms with Crippen molar-refractivity contribution in [3.05, 3.63) is 53.6 Å². The summed E-state index contributed by atoms with van der Waals surface area (Å²) in [4.78, 5) is 12.1. The van der Waals surface area contributed by atoms with Crippen molar-refractivity contribution in [2.45, 2.75) is 0 Å². The van der Waals surface area contributed by atoms with Gasteiger partial charge in [-0.05, 0) is 24.3 Å². The van der Waals surface area contributed by atoms with Gasteiger partial charge in [0.25, 0.3) is 5.91 Å². The van der Waals surface area contributed by atoms with Gasteiger partial charge in [-0.2, -0.15) is 0 Å². The first-order chi connectivity index (χ1) is 10.1. The number of carbonyl (C=O) groups is 1. The Labute approximate surface area is 120 Å². The predicted octanol–water partition coefficient (Wildman–Crippen LogP) is 3.23. The Morgan fingerprint density at radius 1 is 1.05 bits per heavy atom. The van der Waals surface area contributed by atoms with Crippen molar-refractivity contribution in [2.75, 3.05) is 19.5 Å². The van der Waals surface area contributed by atoms with Gasteiger partial charge in [0, 0.05) is 6.07 Å². The number of ether oxygens (including phenoxy) is 2. The average Bonchev–Trinajstić information content (AvgIpc) is 2.50. The van der Waals surface area contributed by atoms with E-state index in [0.29, 0.717) is 5.75 Å². The first kappa shape index (κ1) is 14.8. The Bertz CT molecular complexity index is 654. The molecule has 0 fully saturated rings. The molecular weight excluding hydrogens is 280 g/mol. The molecule has 2 rings (SSSR count). The molecule has 0 saturated carbocycles. The van der Waals surface area contributed by atoms with Gasteiger partial charge in [0.05, 0.1) is 19.8 Å². The van der Waals surface area contributed by atoms with Crippen LogP contribution >= 0.6 is 0 Å². The van der Waals surface area contributed by atoms with Gasteiger partial charge in [-0.1, -0.05) is 6.07 Å². The molecule has 0 aliphatic heterocycles. The summed E-state index contributed by atoms with van der Waals surface area (Å²) in [5.74, 6) is -1.64. The van der Waals surface area contributed by atoms with Crippen molar-refractivity contribution < 1.29 is 23.0 Å². The van der Waals surface area contributed by atoms with Gasteiger partial charge < -0.3 is 14.8 Å². The van der Waals surface area contributed by atoms with E-state index < -0.39 is 23.2 Å². The highest BCUT2D eigenvalue weighted by atomic mass is 19.1. The van der Waals surface area contributed by atoms with Gasteiger partial charge in [-0.3, -0.25) is 4.79 Å². The molecule has 0 bridgehead atoms. The first-order valence-corrected chi connectivity index (χ1v) is 6.04. The fraction of sp³-hybridized carbons (Fsp3) is 0.133. The highest BCUT2D eigenvalue weighted by molar-refractivity contribution is 6.06. The Morgan fingerprint density at radius 3 is 2.29 bits per heavy atom. The average molecular weight is 293 g/mol. The Kier molecular flexibility index (Phi) is 4.37. The maximum atomic E-state index is 13.5. The van der Waals surface area contributed by atoms with Crippen LogP contribution in [0.3, 0.4) is 0 Å². The van der Waals surface area contributed by atoms with E-state index in [1.54, 1.807) is 6.07 Å². The van der Waals surface area contributed by atoms with Crippen molar-refractivity contribution in [2.24, 2.45) is 0 Å². The van der Waals surface area contributed by atoms with Crippen LogP contribution in [0.4, 0.5) is 14.5 Å². The smallest absolute Gasteiger partial charge is 0.259 e. The SMILES string of the molecule is COc1ccc(C(=O)Nc2c(F)cccc2F)c(OC)c1. The second kappa shape index (κ2) is 6.21. The van der Waals surface area contributed by atoms with Crippen LogP contribution in [0.1, 0.15) is 10.4 Å². The second-order valence-corrected chi connectivity index (χ2v) is 4.12. The largest absolute Gasteiger partial charge is 0.497 e. The lowest BCUT2D eigenvalue weighted by Crippen LogP contribution is -2.15. The van der Waals surface area contributed by atoms with E-state index in [-0.39, 0.29) is 11.3 Å². The summed E-state index contributed by atoms with van der Waals surface area (Å²) in [5, 5.41) is 2.20. The van der Waals surface area contributed by atoms with Crippen molar-refractivity contribution in [1.29, 1.82) is 0 Å². The molecule has 0 aromatic heterocycles. The lowest BCUT2D eigenvalue weighted by Gasteiger charge is -2.11. The van der Waals surface area contributed by atoms with Gasteiger partial charge in [0.1, 0.15) is 28.8 Å². The molecule has 0 aliphatic rings. The summed E-state index contributed by atoms with van der Waals surface area (Å²) in [6.07, 6.45) is 0. The van der Waals surface area contributed by atoms with Crippen molar-refractivity contribution in [1.82, 2.24) is 0 Å². The van der Waals surface area contributed by atoms with Gasteiger partial charge in [-0.15, -0.1) is 0 Å². The molecule has 0 spiro atoms. The number of amides is 1. The van der Waals surface area contributed by atoms with E-state index in [9.17, 15) is 13.6 Å². The van der Waals surface area contributed by atoms with E-state index in [4.69, 9.17) is 9.47 Å². The molecule has 110 valence electrons. The standard InChI is InChI=1S/C15H13F2NO3/c1-20-9-6-7-10(13(8-9)21-2)15(19)18-14-11(16)4-3-5-12(14)17/h3-8H,1-2H3,(H,18,19). The molecule has 1 amide bonds. The molecular formula is C15H13F2NO3. The topological polar surface area (TPSA) is 47.6 Å². The molecule has 0 radical (unpaired) electrons. The quantitative estimate of drug-likeness (QED) is 0.941. The summed E-state index contributed by atoms with van der Waals surface area (Å²) in [5.41, 5.74) is -0.360. The minimum absolute atomic E-state index is 0.140. The molecule has 2 aromatic carbocycles. The second-order valence-electron chi connectivity index (χ2n) is 4.12. The Morgan fingerprint density at radius 2 is 1.71 bits per heavy atom. The van der Waals surface area contributed by atoms with Crippen molar-refractivity contribution in [3.8, 4) is 11.5 Å². The van der Waals surface area contributed by atoms with E-state index in [2.05, 4.69) is 5.32 Å². The van der Waals surface area contributed by atoms with Crippen LogP contribution in [-0.4, -0.2) is 20.1 Å². The summed E-state index contributed by atoms with van der Waals surface area (Å²) in [6.45, 7) is 0. The van der Waals surface area contributed by atoms with Crippen LogP contribution in [-0.2, 0) is 0 Å². The zero-order valence-electron chi connectivity index (χ0n) is 11.4. The maximum Gasteiger partial charge on any atom is 0.259 e. The number of para-hydroxylation sites is 1. The van der Waals surface area contributed by atoms with Gasteiger partial charge >= 0.3 is 0 Å². The number of hydrogen-bond donors (Lipinski definition) is 1. The highest BCUT2D eigenvalue weighted by Gasteiger charge is 2.17. The molecule has 1 N–H and O–H groups in total. The number of halogens is 2. The number of carbonyl (C=O) groups excluding carboxylic acids is 1. The third-order valence-corrected chi connectivity index (χ3v) is 2.85. The summed E-state index contributed by atoms with van der Waals surface area (Å²) in [6, 6.07) is 7.84. The van der Waals surface area contributed by atoms with E-state index in [1.807, 2.05) is 0 Å². The van der Waals surface area contributed by atoms with Crippen LogP contribution < -0.4 is 14.8 Å². The monoisotopic (exact) mass is 293 g/mol. The van der Waals surface area contributed by atoms with Crippen molar-refractivity contribution >= 4 is 11.6 Å². The van der Waals surface area contributed by atoms with Crippen LogP contribution in [0.2, 0.25) is 0 Å². The number of rotatable bonds is 4. The van der Waals surface area contributed by atoms with E-state index >= 15 is 0 Å². The third-order valence-electron chi connectivity index (χ3n) is 2.85. The van der Waals surface area contributed by atoms with E-state index in [1.165, 1.54) is 32.4 Å². The zero-order valence-corrected chi connectivity index (χ0v) is 11.4. The molecule has 6 heteroatoms. The molecule has 0 unspecified atom stereocenters. The normalized spacial score (nSPS) is 10.1. The van der Waals surface area contributed by atoms with Gasteiger partial charge in [0.15, 0.2) is 0 Å². The van der Waals surface area contributed by atoms with Gasteiger partial charge in [-0.25, -0.2) is 8.78 Å². The molecule has 0 aliphatic carbocycles. The molecule has 4 nitrogen and oxygen atoms in total. The lowest BCUT2D eigenvalue weighted by atomic mass is 10.1. The predicted molar refractivity (Wildman–Crippen MR) is 73.9 cm³/mol. The molecule has 0 atom stereocenters. The van der Waals surface area contributed by atoms with Gasteiger partial charge in [0.2, 0.25) is 0 Å². The summed E-state index contributed by atoms with van der Waals surface area (Å²) in [7, 11) is 2.86.